The molecule has 5 nitrogen and oxygen atoms in total. The number of aromatic nitrogens is 2. The van der Waals surface area contributed by atoms with Gasteiger partial charge in [-0.25, -0.2) is 0 Å². The summed E-state index contributed by atoms with van der Waals surface area (Å²) in [5.74, 6) is 0.502. The summed E-state index contributed by atoms with van der Waals surface area (Å²) in [6, 6.07) is 2.06. The molecule has 1 amide bonds. The molecule has 0 spiro atoms. The van der Waals surface area contributed by atoms with Crippen molar-refractivity contribution in [2.24, 2.45) is 17.6 Å². The lowest BCUT2D eigenvalue weighted by atomic mass is 9.96. The summed E-state index contributed by atoms with van der Waals surface area (Å²) in [6.07, 6.45) is 1.73. The van der Waals surface area contributed by atoms with Crippen molar-refractivity contribution in [1.29, 1.82) is 0 Å². The molecule has 0 aliphatic carbocycles. The summed E-state index contributed by atoms with van der Waals surface area (Å²) in [5.41, 5.74) is 7.86. The lowest BCUT2D eigenvalue weighted by Crippen LogP contribution is -2.36. The maximum atomic E-state index is 12.0. The van der Waals surface area contributed by atoms with Gasteiger partial charge in [0.2, 0.25) is 5.91 Å². The van der Waals surface area contributed by atoms with Crippen molar-refractivity contribution in [1.82, 2.24) is 15.1 Å². The Bertz CT molecular complexity index is 426. The van der Waals surface area contributed by atoms with Crippen LogP contribution in [0.15, 0.2) is 6.07 Å². The lowest BCUT2D eigenvalue weighted by Gasteiger charge is -2.16. The molecule has 1 rings (SSSR count). The van der Waals surface area contributed by atoms with E-state index < -0.39 is 0 Å². The van der Waals surface area contributed by atoms with Crippen LogP contribution in [0, 0.1) is 25.7 Å². The summed E-state index contributed by atoms with van der Waals surface area (Å²) in [6.45, 7) is 10.2. The molecule has 0 fully saturated rings. The molecule has 1 unspecified atom stereocenters. The number of nitrogens with two attached hydrogens (primary N) is 1. The first-order chi connectivity index (χ1) is 9.43. The van der Waals surface area contributed by atoms with Crippen molar-refractivity contribution in [3.05, 3.63) is 17.5 Å². The molecule has 1 aromatic heterocycles. The molecular formula is C15H28N4O. The van der Waals surface area contributed by atoms with Gasteiger partial charge in [-0.3, -0.25) is 9.48 Å². The van der Waals surface area contributed by atoms with Crippen LogP contribution in [0.2, 0.25) is 0 Å². The maximum Gasteiger partial charge on any atom is 0.224 e. The van der Waals surface area contributed by atoms with Gasteiger partial charge in [-0.05, 0) is 38.7 Å². The fourth-order valence-corrected chi connectivity index (χ4v) is 2.37. The van der Waals surface area contributed by atoms with Crippen molar-refractivity contribution in [2.45, 2.75) is 47.1 Å². The largest absolute Gasteiger partial charge is 0.356 e. The van der Waals surface area contributed by atoms with Gasteiger partial charge in [0.05, 0.1) is 11.6 Å². The second-order valence-electron chi connectivity index (χ2n) is 5.86. The van der Waals surface area contributed by atoms with E-state index in [2.05, 4.69) is 30.3 Å². The Labute approximate surface area is 121 Å². The minimum atomic E-state index is -0.0660. The van der Waals surface area contributed by atoms with E-state index in [1.807, 2.05) is 18.5 Å². The minimum Gasteiger partial charge on any atom is -0.356 e. The Morgan fingerprint density at radius 2 is 2.15 bits per heavy atom. The van der Waals surface area contributed by atoms with Gasteiger partial charge in [-0.2, -0.15) is 5.10 Å². The summed E-state index contributed by atoms with van der Waals surface area (Å²) < 4.78 is 1.98. The highest BCUT2D eigenvalue weighted by Crippen LogP contribution is 2.10. The zero-order valence-electron chi connectivity index (χ0n) is 13.1. The van der Waals surface area contributed by atoms with Crippen molar-refractivity contribution in [2.75, 3.05) is 13.1 Å². The SMILES string of the molecule is Cc1cc(C)n(CCCNC(=O)C(CN)CC(C)C)n1. The number of carbonyl (C=O) groups excluding carboxylic acids is 1. The molecule has 0 aliphatic rings. The molecule has 0 aliphatic heterocycles. The number of hydrogen-bond acceptors (Lipinski definition) is 3. The predicted octanol–water partition coefficient (Wildman–Crippen LogP) is 1.63. The van der Waals surface area contributed by atoms with Crippen molar-refractivity contribution >= 4 is 5.91 Å². The Morgan fingerprint density at radius 1 is 1.45 bits per heavy atom. The van der Waals surface area contributed by atoms with Crippen molar-refractivity contribution in [3.8, 4) is 0 Å². The molecule has 0 saturated heterocycles. The van der Waals surface area contributed by atoms with Gasteiger partial charge in [-0.15, -0.1) is 0 Å². The quantitative estimate of drug-likeness (QED) is 0.711. The van der Waals surface area contributed by atoms with E-state index in [0.717, 1.165) is 30.8 Å². The first-order valence-electron chi connectivity index (χ1n) is 7.42. The monoisotopic (exact) mass is 280 g/mol. The molecule has 20 heavy (non-hydrogen) atoms. The summed E-state index contributed by atoms with van der Waals surface area (Å²) in [4.78, 5) is 12.0. The number of nitrogens with zero attached hydrogens (tertiary/aromatic N) is 2. The average Bonchev–Trinajstić information content (AvgIpc) is 2.69. The third-order valence-corrected chi connectivity index (χ3v) is 3.36. The highest BCUT2D eigenvalue weighted by molar-refractivity contribution is 5.78. The molecule has 0 radical (unpaired) electrons. The molecule has 3 N–H and O–H groups in total. The molecule has 5 heteroatoms. The highest BCUT2D eigenvalue weighted by Gasteiger charge is 2.17. The van der Waals surface area contributed by atoms with E-state index in [-0.39, 0.29) is 11.8 Å². The van der Waals surface area contributed by atoms with Crippen LogP contribution in [-0.2, 0) is 11.3 Å². The summed E-state index contributed by atoms with van der Waals surface area (Å²) in [7, 11) is 0. The van der Waals surface area contributed by atoms with E-state index in [0.29, 0.717) is 19.0 Å². The van der Waals surface area contributed by atoms with Gasteiger partial charge in [0.1, 0.15) is 0 Å². The second kappa shape index (κ2) is 8.04. The minimum absolute atomic E-state index is 0.0660. The van der Waals surface area contributed by atoms with Crippen LogP contribution in [0.25, 0.3) is 0 Å². The van der Waals surface area contributed by atoms with Gasteiger partial charge < -0.3 is 11.1 Å². The Balaban J connectivity index is 2.29. The molecular weight excluding hydrogens is 252 g/mol. The van der Waals surface area contributed by atoms with Gasteiger partial charge in [-0.1, -0.05) is 13.8 Å². The third-order valence-electron chi connectivity index (χ3n) is 3.36. The standard InChI is InChI=1S/C15H28N4O/c1-11(2)8-14(10-16)15(20)17-6-5-7-19-13(4)9-12(3)18-19/h9,11,14H,5-8,10,16H2,1-4H3,(H,17,20). The molecule has 0 bridgehead atoms. The summed E-state index contributed by atoms with van der Waals surface area (Å²) in [5, 5.41) is 7.38. The van der Waals surface area contributed by atoms with E-state index in [1.54, 1.807) is 0 Å². The van der Waals surface area contributed by atoms with E-state index in [9.17, 15) is 4.79 Å². The van der Waals surface area contributed by atoms with E-state index in [4.69, 9.17) is 5.73 Å². The predicted molar refractivity (Wildman–Crippen MR) is 81.3 cm³/mol. The van der Waals surface area contributed by atoms with Crippen LogP contribution in [0.4, 0.5) is 0 Å². The maximum absolute atomic E-state index is 12.0. The number of aryl methyl sites for hydroxylation is 3. The summed E-state index contributed by atoms with van der Waals surface area (Å²) >= 11 is 0. The zero-order valence-corrected chi connectivity index (χ0v) is 13.1. The van der Waals surface area contributed by atoms with Crippen LogP contribution in [0.1, 0.15) is 38.1 Å². The van der Waals surface area contributed by atoms with Gasteiger partial charge >= 0.3 is 0 Å². The number of rotatable bonds is 8. The van der Waals surface area contributed by atoms with Crippen LogP contribution in [0.3, 0.4) is 0 Å². The fraction of sp³-hybridized carbons (Fsp3) is 0.733. The molecule has 0 aromatic carbocycles. The van der Waals surface area contributed by atoms with Gasteiger partial charge in [0.25, 0.3) is 0 Å². The topological polar surface area (TPSA) is 72.9 Å². The average molecular weight is 280 g/mol. The van der Waals surface area contributed by atoms with Crippen LogP contribution in [0.5, 0.6) is 0 Å². The Morgan fingerprint density at radius 3 is 2.65 bits per heavy atom. The van der Waals surface area contributed by atoms with Crippen molar-refractivity contribution in [3.63, 3.8) is 0 Å². The normalized spacial score (nSPS) is 12.7. The Hall–Kier alpha value is -1.36. The third kappa shape index (κ3) is 5.33. The first-order valence-corrected chi connectivity index (χ1v) is 7.42. The van der Waals surface area contributed by atoms with E-state index >= 15 is 0 Å². The zero-order chi connectivity index (χ0) is 15.1. The molecule has 1 aromatic rings. The second-order valence-corrected chi connectivity index (χ2v) is 5.86. The highest BCUT2D eigenvalue weighted by atomic mass is 16.1. The van der Waals surface area contributed by atoms with Gasteiger partial charge in [0, 0.05) is 25.3 Å². The smallest absolute Gasteiger partial charge is 0.224 e. The van der Waals surface area contributed by atoms with Crippen LogP contribution >= 0.6 is 0 Å². The molecule has 1 atom stereocenters. The van der Waals surface area contributed by atoms with Crippen LogP contribution < -0.4 is 11.1 Å². The lowest BCUT2D eigenvalue weighted by molar-refractivity contribution is -0.125. The molecule has 0 saturated carbocycles. The number of hydrogen-bond donors (Lipinski definition) is 2. The Kier molecular flexibility index (Phi) is 6.71. The first kappa shape index (κ1) is 16.7. The fourth-order valence-electron chi connectivity index (χ4n) is 2.37. The number of amides is 1. The molecule has 114 valence electrons. The number of carbonyl (C=O) groups is 1. The molecule has 1 heterocycles. The van der Waals surface area contributed by atoms with Crippen LogP contribution in [-0.4, -0.2) is 28.8 Å². The van der Waals surface area contributed by atoms with Crippen molar-refractivity contribution < 1.29 is 4.79 Å². The number of nitrogens with one attached hydrogen (secondary N) is 1. The van der Waals surface area contributed by atoms with E-state index in [1.165, 1.54) is 0 Å². The van der Waals surface area contributed by atoms with Gasteiger partial charge in [0.15, 0.2) is 0 Å².